The minimum atomic E-state index is -3.65. The van der Waals surface area contributed by atoms with E-state index >= 15 is 0 Å². The van der Waals surface area contributed by atoms with Gasteiger partial charge in [-0.05, 0) is 291 Å². The zero-order valence-electron chi connectivity index (χ0n) is 153. The van der Waals surface area contributed by atoms with Crippen molar-refractivity contribution in [3.8, 4) is 103 Å². The lowest BCUT2D eigenvalue weighted by Gasteiger charge is -2.32. The Balaban J connectivity index is 0.000000157. The molecule has 12 aliphatic heterocycles. The monoisotopic (exact) mass is 2060 g/mol. The predicted molar refractivity (Wildman–Crippen MR) is 529 cm³/mol. The van der Waals surface area contributed by atoms with Crippen molar-refractivity contribution in [2.45, 2.75) is 73.7 Å². The van der Waals surface area contributed by atoms with Gasteiger partial charge >= 0.3 is 0 Å². The Labute approximate surface area is 947 Å². The van der Waals surface area contributed by atoms with Crippen molar-refractivity contribution in [3.63, 3.8) is 0 Å². The fraction of sp³-hybridized carbons (Fsp3) is 0.368. The molecule has 0 aromatic heterocycles. The summed E-state index contributed by atoms with van der Waals surface area (Å²) < 4.78 is 840. The van der Waals surface area contributed by atoms with E-state index in [0.29, 0.717) is 0 Å². The quantitative estimate of drug-likeness (QED) is 0.0308. The van der Waals surface area contributed by atoms with Gasteiger partial charge in [0.15, 0.2) is 69.0 Å². The van der Waals surface area contributed by atoms with Crippen molar-refractivity contribution in [1.29, 1.82) is 0 Å². The minimum Gasteiger partial charge on any atom is -0.493 e. The molecule has 12 aliphatic rings. The summed E-state index contributed by atoms with van der Waals surface area (Å²) in [5.74, 6) is -43.5. The zero-order chi connectivity index (χ0) is 170. The average molecular weight is 2060 g/mol. The van der Waals surface area contributed by atoms with Crippen molar-refractivity contribution in [2.24, 2.45) is 35.4 Å². The van der Waals surface area contributed by atoms with Gasteiger partial charge in [-0.25, -0.2) is 26.3 Å². The van der Waals surface area contributed by atoms with Gasteiger partial charge < -0.3 is 117 Å². The van der Waals surface area contributed by atoms with E-state index in [1.807, 2.05) is 21.3 Å². The number of hydrogen-bond donors (Lipinski definition) is 6. The maximum absolute atomic E-state index is 14.3. The Hall–Kier alpha value is -13.6. The number of nitrogens with one attached hydrogen (secondary N) is 6. The Kier molecular flexibility index (Phi) is 14.1. The highest BCUT2D eigenvalue weighted by Crippen LogP contribution is 2.45. The molecule has 12 aromatic rings. The average Bonchev–Trinajstić information content (AvgIpc) is 0.859. The van der Waals surface area contributed by atoms with E-state index in [2.05, 4.69) is 0 Å². The first kappa shape index (κ1) is 41.5. The Bertz CT molecular complexity index is 10600. The van der Waals surface area contributed by atoms with Crippen LogP contribution < -0.4 is 117 Å². The first-order valence-electron chi connectivity index (χ1n) is 82.0. The minimum absolute atomic E-state index is 0.0105. The third-order valence-corrected chi connectivity index (χ3v) is 19.9. The lowest BCUT2D eigenvalue weighted by molar-refractivity contribution is 0.173. The van der Waals surface area contributed by atoms with Gasteiger partial charge in [0.1, 0.15) is 85.8 Å². The van der Waals surface area contributed by atoms with Crippen LogP contribution in [0.3, 0.4) is 0 Å². The molecular weight excluding hydrogens is 1860 g/mol. The first-order valence-corrected chi connectivity index (χ1v) is 41.5. The summed E-state index contributed by atoms with van der Waals surface area (Å²) in [5.41, 5.74) is -5.75. The standard InChI is InChI=1S/6C19H20FNO3/c6*20-15-3-1-13(2-4-15)17-7-8-21-10-14(17)11-22-16-5-6-18-19(9-16)24-12-23-18/h6*1-6,9,14,17,21H,7-8,10-12H2/t6*14-,17?/m111000/s1/i1D,2D,3D,4D,8D2,10D2,11D2,12D2,14D,17D;1D,2D,3D,4D,7D2,8D2,10D2,11D2,12D2,14D;1D,2D,3D,4D,7D2,8D2,10D2,12D2,14D;1D,2D,3D,4D,7D2,8D2,10D2,12D2,17D;1D,2D,3D,4D,7D2,8D2,10D2,11D2,12D2;1D,2D,3D,4D,7D2,8D2,10D2,12D2. The molecular formula is C114H120F6N6O18. The smallest absolute Gasteiger partial charge is 0.231 e. The Morgan fingerprint density at radius 1 is 0.250 bits per heavy atom. The maximum atomic E-state index is 14.3. The van der Waals surface area contributed by atoms with E-state index in [1.54, 1.807) is 10.6 Å². The largest absolute Gasteiger partial charge is 0.493 e. The van der Waals surface area contributed by atoms with E-state index in [-0.39, 0.29) is 92.0 Å². The van der Waals surface area contributed by atoms with E-state index < -0.39 is 492 Å². The number of fused-ring (bicyclic) bond motifs is 6. The van der Waals surface area contributed by atoms with Gasteiger partial charge in [0.2, 0.25) is 40.5 Å². The molecule has 12 heterocycles. The molecule has 30 heteroatoms. The number of halogens is 6. The molecule has 12 atom stereocenters. The number of ether oxygens (including phenoxy) is 18. The summed E-state index contributed by atoms with van der Waals surface area (Å²) in [7, 11) is 0. The summed E-state index contributed by atoms with van der Waals surface area (Å²) in [5, 5.41) is 10.9. The molecule has 24 nitrogen and oxygen atoms in total. The van der Waals surface area contributed by atoms with Gasteiger partial charge in [-0.3, -0.25) is 0 Å². The number of hydrogen-bond acceptors (Lipinski definition) is 24. The fourth-order valence-electron chi connectivity index (χ4n) is 13.0. The van der Waals surface area contributed by atoms with Crippen molar-refractivity contribution in [3.05, 3.63) is 322 Å². The van der Waals surface area contributed by atoms with Crippen LogP contribution in [0, 0.1) is 70.3 Å². The normalized spacial score (nSPS) is 41.5. The molecule has 6 unspecified atom stereocenters. The van der Waals surface area contributed by atoms with E-state index in [1.165, 1.54) is 60.7 Å². The van der Waals surface area contributed by atoms with Gasteiger partial charge in [0.05, 0.1) is 80.6 Å². The zero-order valence-corrected chi connectivity index (χ0v) is 72.4. The molecule has 6 N–H and O–H groups in total. The SMILES string of the molecule is [2H]c1c([2H])c(C2([2H])CC([2H])([2H])NC([2H])([2H])[C@]2([2H])C([2H])([2H])Oc2ccc3c(c2)OC([2H])([2H])O3)c([2H])c([2H])c1F.[2H]c1c([2H])c(C2([2H])[C@H](COc3ccc4c(c3)OC([2H])([2H])O4)C([2H])([2H])NC([2H])([2H])C2([2H])[2H])c([2H])c([2H])c1F.[2H]c1c([2H])c(C2C([2H])([2H])C([2H])([2H])NC([2H])([2H])[C@]2([2H])C([2H])([2H])Oc2ccc3c(c2)OC([2H])([2H])O3)c([2H])c([2H])c1F.[2H]c1c([2H])c(C2C([2H])([2H])C([2H])([2H])NC([2H])([2H])[C@]2([2H])COc2ccc3c(c2)OC([2H])([2H])O3)c([2H])c([2H])c1F.[2H]c1c([2H])c(C2[C@H](C([2H])([2H])Oc3ccc4c(c3)OC([2H])([2H])O4)C([2H])([2H])NC([2H])([2H])C2([2H])[2H])c([2H])c([2H])c1F.[2H]c1c([2H])c(C2[C@H](COc3ccc4c(c3)OC([2H])([2H])O4)C([2H])([2H])NC([2H])([2H])C2([2H])[2H])c([2H])c([2H])c1F. The van der Waals surface area contributed by atoms with Crippen LogP contribution in [0.25, 0.3) is 0 Å². The molecule has 0 radical (unpaired) electrons. The Morgan fingerprint density at radius 3 is 0.896 bits per heavy atom. The lowest BCUT2D eigenvalue weighted by atomic mass is 9.81. The molecule has 0 saturated carbocycles. The molecule has 0 amide bonds. The van der Waals surface area contributed by atoms with Crippen molar-refractivity contribution in [1.82, 2.24) is 31.9 Å². The van der Waals surface area contributed by atoms with E-state index in [4.69, 9.17) is 196 Å². The highest BCUT2D eigenvalue weighted by Gasteiger charge is 2.35. The van der Waals surface area contributed by atoms with Crippen LogP contribution in [0.4, 0.5) is 26.3 Å². The first-order chi connectivity index (χ1) is 102. The van der Waals surface area contributed by atoms with Crippen LogP contribution in [0.2, 0.25) is 0 Å². The Morgan fingerprint density at radius 2 is 0.507 bits per heavy atom. The topological polar surface area (TPSA) is 238 Å². The summed E-state index contributed by atoms with van der Waals surface area (Å²) in [6.45, 7) is -65.6. The molecule has 6 saturated heterocycles. The summed E-state index contributed by atoms with van der Waals surface area (Å²) in [6.07, 6.45) is -17.7. The van der Waals surface area contributed by atoms with E-state index in [9.17, 15) is 26.3 Å². The third-order valence-electron chi connectivity index (χ3n) is 19.9. The van der Waals surface area contributed by atoms with Crippen molar-refractivity contribution >= 4 is 0 Å². The molecule has 0 spiro atoms. The van der Waals surface area contributed by atoms with Gasteiger partial charge in [-0.1, -0.05) is 72.5 Å². The highest BCUT2D eigenvalue weighted by atomic mass is 19.1. The second kappa shape index (κ2) is 49.1. The van der Waals surface area contributed by atoms with Crippen LogP contribution in [0.5, 0.6) is 103 Å². The van der Waals surface area contributed by atoms with Crippen molar-refractivity contribution < 1.29 is 223 Å². The fourth-order valence-corrected chi connectivity index (χ4v) is 13.0. The van der Waals surface area contributed by atoms with Gasteiger partial charge in [0, 0.05) is 164 Å². The lowest BCUT2D eigenvalue weighted by Crippen LogP contribution is -2.38. The van der Waals surface area contributed by atoms with Crippen LogP contribution in [-0.4, -0.2) is 158 Å². The second-order valence-corrected chi connectivity index (χ2v) is 29.1. The van der Waals surface area contributed by atoms with Gasteiger partial charge in [0.25, 0.3) is 0 Å². The second-order valence-electron chi connectivity index (χ2n) is 29.1. The predicted octanol–water partition coefficient (Wildman–Crippen LogP) is 20.0. The molecule has 0 bridgehead atoms. The van der Waals surface area contributed by atoms with Gasteiger partial charge in [-0.2, -0.15) is 0 Å². The van der Waals surface area contributed by atoms with Gasteiger partial charge in [-0.15, -0.1) is 0 Å². The van der Waals surface area contributed by atoms with Crippen LogP contribution >= 0.6 is 0 Å². The number of rotatable bonds is 24. The highest BCUT2D eigenvalue weighted by molar-refractivity contribution is 5.52. The summed E-state index contributed by atoms with van der Waals surface area (Å²) in [6, 6.07) is -7.03. The molecule has 0 aliphatic carbocycles. The summed E-state index contributed by atoms with van der Waals surface area (Å²) >= 11 is 0. The van der Waals surface area contributed by atoms with E-state index in [0.717, 1.165) is 48.5 Å². The molecule has 12 aromatic carbocycles. The molecule has 144 heavy (non-hydrogen) atoms. The van der Waals surface area contributed by atoms with Crippen LogP contribution in [0.15, 0.2) is 254 Å². The number of piperidine rings is 6. The maximum Gasteiger partial charge on any atom is 0.231 e. The van der Waals surface area contributed by atoms with Crippen LogP contribution in [0.1, 0.15) is 218 Å². The van der Waals surface area contributed by atoms with Crippen molar-refractivity contribution in [2.75, 3.05) is 158 Å². The summed E-state index contributed by atoms with van der Waals surface area (Å²) in [4.78, 5) is 0. The third kappa shape index (κ3) is 26.5. The molecule has 756 valence electrons. The molecule has 24 rings (SSSR count). The van der Waals surface area contributed by atoms with Crippen LogP contribution in [-0.2, 0) is 0 Å². The number of benzene rings is 12. The molecule has 6 fully saturated rings.